The second-order valence-corrected chi connectivity index (χ2v) is 10.2. The standard InChI is InChI=1S/C21H26N4O5S2/c1-6-25-16-9-8-14(32(22,28)29)10-15(16)24-21(25)31-13(5)19(26)18-11(3)17(12(4)23-18)20(27)30-7-2/h8-10,13,23H,6-7H2,1-5H3,(H2,22,28,29). The van der Waals surface area contributed by atoms with Gasteiger partial charge in [0, 0.05) is 12.2 Å². The number of aryl methyl sites for hydroxylation is 2. The number of Topliss-reactive ketones (excluding diaryl/α,β-unsaturated/α-hetero) is 1. The van der Waals surface area contributed by atoms with Crippen LogP contribution in [0.4, 0.5) is 0 Å². The molecule has 1 unspecified atom stereocenters. The van der Waals surface area contributed by atoms with Crippen molar-refractivity contribution in [3.63, 3.8) is 0 Å². The number of sulfonamides is 1. The molecule has 0 aliphatic carbocycles. The van der Waals surface area contributed by atoms with Crippen molar-refractivity contribution in [3.8, 4) is 0 Å². The van der Waals surface area contributed by atoms with Crippen LogP contribution in [0.3, 0.4) is 0 Å². The molecule has 0 bridgehead atoms. The van der Waals surface area contributed by atoms with E-state index in [9.17, 15) is 18.0 Å². The number of aromatic amines is 1. The van der Waals surface area contributed by atoms with Gasteiger partial charge in [0.05, 0.1) is 39.0 Å². The first-order chi connectivity index (χ1) is 15.0. The number of primary sulfonamides is 1. The highest BCUT2D eigenvalue weighted by molar-refractivity contribution is 8.00. The van der Waals surface area contributed by atoms with Crippen molar-refractivity contribution in [1.82, 2.24) is 14.5 Å². The van der Waals surface area contributed by atoms with Gasteiger partial charge < -0.3 is 14.3 Å². The highest BCUT2D eigenvalue weighted by Crippen LogP contribution is 2.31. The Bertz CT molecular complexity index is 1310. The zero-order chi connectivity index (χ0) is 23.8. The molecule has 11 heteroatoms. The van der Waals surface area contributed by atoms with Crippen molar-refractivity contribution in [2.45, 2.75) is 56.5 Å². The number of ketones is 1. The van der Waals surface area contributed by atoms with E-state index in [0.717, 1.165) is 5.52 Å². The fraction of sp³-hybridized carbons (Fsp3) is 0.381. The minimum absolute atomic E-state index is 0.0181. The summed E-state index contributed by atoms with van der Waals surface area (Å²) >= 11 is 1.26. The van der Waals surface area contributed by atoms with Crippen molar-refractivity contribution in [2.75, 3.05) is 6.61 Å². The van der Waals surface area contributed by atoms with Crippen LogP contribution in [0.1, 0.15) is 52.9 Å². The third-order valence-electron chi connectivity index (χ3n) is 5.14. The predicted molar refractivity (Wildman–Crippen MR) is 123 cm³/mol. The van der Waals surface area contributed by atoms with Crippen LogP contribution < -0.4 is 5.14 Å². The number of aromatic nitrogens is 3. The van der Waals surface area contributed by atoms with E-state index in [-0.39, 0.29) is 17.3 Å². The van der Waals surface area contributed by atoms with Crippen molar-refractivity contribution in [2.24, 2.45) is 5.14 Å². The van der Waals surface area contributed by atoms with E-state index >= 15 is 0 Å². The van der Waals surface area contributed by atoms with Gasteiger partial charge >= 0.3 is 5.97 Å². The van der Waals surface area contributed by atoms with E-state index in [1.807, 2.05) is 11.5 Å². The quantitative estimate of drug-likeness (QED) is 0.288. The normalized spacial score (nSPS) is 12.8. The zero-order valence-electron chi connectivity index (χ0n) is 18.6. The van der Waals surface area contributed by atoms with Gasteiger partial charge in [0.1, 0.15) is 0 Å². The Kier molecular flexibility index (Phi) is 6.82. The molecule has 3 N–H and O–H groups in total. The van der Waals surface area contributed by atoms with E-state index in [1.165, 1.54) is 23.9 Å². The Hall–Kier alpha value is -2.63. The number of hydrogen-bond donors (Lipinski definition) is 2. The monoisotopic (exact) mass is 478 g/mol. The number of nitrogens with one attached hydrogen (secondary N) is 1. The van der Waals surface area contributed by atoms with Crippen molar-refractivity contribution in [3.05, 3.63) is 40.7 Å². The van der Waals surface area contributed by atoms with Gasteiger partial charge in [-0.05, 0) is 58.4 Å². The third kappa shape index (κ3) is 4.45. The first-order valence-electron chi connectivity index (χ1n) is 10.1. The molecule has 9 nitrogen and oxygen atoms in total. The Morgan fingerprint density at radius 1 is 1.28 bits per heavy atom. The van der Waals surface area contributed by atoms with Crippen molar-refractivity contribution >= 4 is 44.6 Å². The number of H-pyrrole nitrogens is 1. The van der Waals surface area contributed by atoms with E-state index < -0.39 is 21.2 Å². The maximum Gasteiger partial charge on any atom is 0.340 e. The molecule has 2 heterocycles. The lowest BCUT2D eigenvalue weighted by molar-refractivity contribution is 0.0525. The number of imidazole rings is 1. The van der Waals surface area contributed by atoms with Crippen molar-refractivity contribution in [1.29, 1.82) is 0 Å². The van der Waals surface area contributed by atoms with Gasteiger partial charge in [-0.3, -0.25) is 4.79 Å². The number of benzene rings is 1. The van der Waals surface area contributed by atoms with Crippen LogP contribution in [0, 0.1) is 13.8 Å². The SMILES string of the molecule is CCOC(=O)c1c(C)[nH]c(C(=O)C(C)Sc2nc3cc(S(N)(=O)=O)ccc3n2CC)c1C. The molecule has 0 saturated heterocycles. The fourth-order valence-electron chi connectivity index (χ4n) is 3.58. The Morgan fingerprint density at radius 2 is 1.97 bits per heavy atom. The smallest absolute Gasteiger partial charge is 0.340 e. The molecule has 0 amide bonds. The Labute approximate surface area is 190 Å². The summed E-state index contributed by atoms with van der Waals surface area (Å²) in [6.45, 7) is 9.72. The van der Waals surface area contributed by atoms with Gasteiger partial charge in [-0.1, -0.05) is 11.8 Å². The second kappa shape index (κ2) is 9.08. The fourth-order valence-corrected chi connectivity index (χ4v) is 5.16. The number of fused-ring (bicyclic) bond motifs is 1. The summed E-state index contributed by atoms with van der Waals surface area (Å²) in [6.07, 6.45) is 0. The van der Waals surface area contributed by atoms with Gasteiger partial charge in [-0.2, -0.15) is 0 Å². The number of ether oxygens (including phenoxy) is 1. The van der Waals surface area contributed by atoms with Gasteiger partial charge in [-0.25, -0.2) is 23.3 Å². The number of nitrogens with two attached hydrogens (primary N) is 1. The van der Waals surface area contributed by atoms with Gasteiger partial charge in [0.25, 0.3) is 0 Å². The van der Waals surface area contributed by atoms with Crippen LogP contribution in [0.15, 0.2) is 28.3 Å². The minimum Gasteiger partial charge on any atom is -0.462 e. The molecule has 3 aromatic rings. The molecule has 0 radical (unpaired) electrons. The van der Waals surface area contributed by atoms with Crippen molar-refractivity contribution < 1.29 is 22.7 Å². The Balaban J connectivity index is 1.93. The van der Waals surface area contributed by atoms with Crippen LogP contribution in [-0.4, -0.2) is 46.6 Å². The van der Waals surface area contributed by atoms with Crippen LogP contribution in [0.2, 0.25) is 0 Å². The van der Waals surface area contributed by atoms with Crippen LogP contribution in [-0.2, 0) is 21.3 Å². The first-order valence-corrected chi connectivity index (χ1v) is 12.5. The molecule has 1 aromatic carbocycles. The topological polar surface area (TPSA) is 137 Å². The molecule has 3 rings (SSSR count). The van der Waals surface area contributed by atoms with Crippen LogP contribution in [0.5, 0.6) is 0 Å². The molecule has 0 aliphatic heterocycles. The molecular formula is C21H26N4O5S2. The number of carbonyl (C=O) groups excluding carboxylic acids is 2. The van der Waals surface area contributed by atoms with Crippen LogP contribution >= 0.6 is 11.8 Å². The third-order valence-corrected chi connectivity index (χ3v) is 7.15. The zero-order valence-corrected chi connectivity index (χ0v) is 20.2. The number of nitrogens with zero attached hydrogens (tertiary/aromatic N) is 2. The molecule has 2 aromatic heterocycles. The summed E-state index contributed by atoms with van der Waals surface area (Å²) in [6, 6.07) is 4.53. The number of carbonyl (C=O) groups is 2. The first kappa shape index (κ1) is 24.0. The second-order valence-electron chi connectivity index (χ2n) is 7.30. The number of rotatable bonds is 8. The Morgan fingerprint density at radius 3 is 2.56 bits per heavy atom. The molecule has 1 atom stereocenters. The average molecular weight is 479 g/mol. The van der Waals surface area contributed by atoms with Crippen LogP contribution in [0.25, 0.3) is 11.0 Å². The molecule has 0 aliphatic rings. The largest absolute Gasteiger partial charge is 0.462 e. The summed E-state index contributed by atoms with van der Waals surface area (Å²) in [5.74, 6) is -0.636. The summed E-state index contributed by atoms with van der Waals surface area (Å²) in [7, 11) is -3.85. The van der Waals surface area contributed by atoms with E-state index in [2.05, 4.69) is 9.97 Å². The summed E-state index contributed by atoms with van der Waals surface area (Å²) < 4.78 is 30.3. The van der Waals surface area contributed by atoms with E-state index in [1.54, 1.807) is 33.8 Å². The molecule has 32 heavy (non-hydrogen) atoms. The highest BCUT2D eigenvalue weighted by atomic mass is 32.2. The van der Waals surface area contributed by atoms with E-state index in [4.69, 9.17) is 9.88 Å². The minimum atomic E-state index is -3.85. The molecular weight excluding hydrogens is 452 g/mol. The maximum atomic E-state index is 13.2. The molecule has 0 spiro atoms. The highest BCUT2D eigenvalue weighted by Gasteiger charge is 2.27. The van der Waals surface area contributed by atoms with Gasteiger partial charge in [0.2, 0.25) is 10.0 Å². The lowest BCUT2D eigenvalue weighted by Crippen LogP contribution is -2.16. The molecule has 0 saturated carbocycles. The number of thioether (sulfide) groups is 1. The summed E-state index contributed by atoms with van der Waals surface area (Å²) in [4.78, 5) is 33.0. The van der Waals surface area contributed by atoms with Gasteiger partial charge in [0.15, 0.2) is 10.9 Å². The lowest BCUT2D eigenvalue weighted by atomic mass is 10.1. The molecule has 172 valence electrons. The number of esters is 1. The summed E-state index contributed by atoms with van der Waals surface area (Å²) in [5.41, 5.74) is 3.11. The average Bonchev–Trinajstić information content (AvgIpc) is 3.21. The lowest BCUT2D eigenvalue weighted by Gasteiger charge is -2.11. The molecule has 0 fully saturated rings. The summed E-state index contributed by atoms with van der Waals surface area (Å²) in [5, 5.41) is 5.30. The maximum absolute atomic E-state index is 13.2. The van der Waals surface area contributed by atoms with E-state index in [0.29, 0.717) is 39.7 Å². The predicted octanol–water partition coefficient (Wildman–Crippen LogP) is 3.19. The van der Waals surface area contributed by atoms with Gasteiger partial charge in [-0.15, -0.1) is 0 Å². The number of hydrogen-bond acceptors (Lipinski definition) is 7.